The van der Waals surface area contributed by atoms with Gasteiger partial charge in [0.05, 0.1) is 12.3 Å². The number of hydrogen-bond acceptors (Lipinski definition) is 3. The zero-order chi connectivity index (χ0) is 11.4. The van der Waals surface area contributed by atoms with Crippen molar-refractivity contribution in [2.45, 2.75) is 32.2 Å². The number of nitriles is 1. The topological polar surface area (TPSA) is 40.2 Å². The molecule has 1 aromatic heterocycles. The lowest BCUT2D eigenvalue weighted by molar-refractivity contribution is 0.152. The maximum Gasteiger partial charge on any atom is 0.105 e. The summed E-state index contributed by atoms with van der Waals surface area (Å²) in [5.74, 6) is 1.32. The van der Waals surface area contributed by atoms with E-state index in [1.165, 1.54) is 0 Å². The summed E-state index contributed by atoms with van der Waals surface area (Å²) in [6.45, 7) is 4.31. The van der Waals surface area contributed by atoms with Crippen molar-refractivity contribution in [1.29, 1.82) is 5.26 Å². The van der Waals surface area contributed by atoms with Gasteiger partial charge in [-0.3, -0.25) is 0 Å². The van der Waals surface area contributed by atoms with Crippen LogP contribution in [0.5, 0.6) is 0 Å². The third-order valence-corrected chi connectivity index (χ3v) is 3.41. The van der Waals surface area contributed by atoms with E-state index in [1.807, 2.05) is 12.1 Å². The number of likely N-dealkylation sites (tertiary alicyclic amines) is 1. The fourth-order valence-corrected chi connectivity index (χ4v) is 2.32. The molecule has 1 aliphatic heterocycles. The molecule has 0 radical (unpaired) electrons. The van der Waals surface area contributed by atoms with Crippen LogP contribution in [0.3, 0.4) is 0 Å². The quantitative estimate of drug-likeness (QED) is 0.782. The first-order chi connectivity index (χ1) is 7.79. The molecule has 2 heterocycles. The van der Waals surface area contributed by atoms with Gasteiger partial charge in [0.25, 0.3) is 0 Å². The molecule has 3 heteroatoms. The van der Waals surface area contributed by atoms with Gasteiger partial charge in [0.1, 0.15) is 5.76 Å². The number of rotatable bonds is 3. The van der Waals surface area contributed by atoms with Gasteiger partial charge in [0.15, 0.2) is 0 Å². The van der Waals surface area contributed by atoms with Gasteiger partial charge in [-0.25, -0.2) is 0 Å². The molecule has 0 unspecified atom stereocenters. The molecule has 1 aromatic rings. The zero-order valence-electron chi connectivity index (χ0n) is 9.72. The monoisotopic (exact) mass is 218 g/mol. The van der Waals surface area contributed by atoms with Crippen LogP contribution in [0.15, 0.2) is 22.8 Å². The minimum absolute atomic E-state index is 0.270. The smallest absolute Gasteiger partial charge is 0.105 e. The Morgan fingerprint density at radius 2 is 2.31 bits per heavy atom. The van der Waals surface area contributed by atoms with Gasteiger partial charge in [-0.1, -0.05) is 0 Å². The summed E-state index contributed by atoms with van der Waals surface area (Å²) >= 11 is 0. The molecular formula is C13H18N2O. The number of piperidine rings is 1. The highest BCUT2D eigenvalue weighted by molar-refractivity contribution is 5.00. The SMILES string of the molecule is C[C@H](Cc1ccco1)N1CCC(C#N)CC1. The van der Waals surface area contributed by atoms with Crippen molar-refractivity contribution < 1.29 is 4.42 Å². The van der Waals surface area contributed by atoms with Crippen LogP contribution in [0.25, 0.3) is 0 Å². The van der Waals surface area contributed by atoms with Gasteiger partial charge in [0.2, 0.25) is 0 Å². The number of nitrogens with zero attached hydrogens (tertiary/aromatic N) is 2. The van der Waals surface area contributed by atoms with Crippen molar-refractivity contribution in [3.05, 3.63) is 24.2 Å². The molecule has 0 aliphatic carbocycles. The molecule has 0 amide bonds. The molecule has 1 saturated heterocycles. The van der Waals surface area contributed by atoms with E-state index >= 15 is 0 Å². The van der Waals surface area contributed by atoms with E-state index in [1.54, 1.807) is 6.26 Å². The van der Waals surface area contributed by atoms with E-state index in [-0.39, 0.29) is 5.92 Å². The fraction of sp³-hybridized carbons (Fsp3) is 0.615. The van der Waals surface area contributed by atoms with Crippen LogP contribution in [0, 0.1) is 17.2 Å². The van der Waals surface area contributed by atoms with Gasteiger partial charge in [-0.15, -0.1) is 0 Å². The lowest BCUT2D eigenvalue weighted by atomic mass is 9.97. The fourth-order valence-electron chi connectivity index (χ4n) is 2.32. The molecule has 1 fully saturated rings. The van der Waals surface area contributed by atoms with Gasteiger partial charge < -0.3 is 9.32 Å². The second-order valence-corrected chi connectivity index (χ2v) is 4.57. The van der Waals surface area contributed by atoms with E-state index < -0.39 is 0 Å². The molecule has 1 atom stereocenters. The molecule has 0 aromatic carbocycles. The van der Waals surface area contributed by atoms with Gasteiger partial charge in [-0.05, 0) is 45.0 Å². The Morgan fingerprint density at radius 1 is 1.56 bits per heavy atom. The molecule has 0 saturated carbocycles. The highest BCUT2D eigenvalue weighted by Crippen LogP contribution is 2.19. The highest BCUT2D eigenvalue weighted by Gasteiger charge is 2.22. The normalized spacial score (nSPS) is 20.5. The van der Waals surface area contributed by atoms with Crippen molar-refractivity contribution in [3.63, 3.8) is 0 Å². The molecule has 86 valence electrons. The molecule has 1 aliphatic rings. The number of furan rings is 1. The molecule has 3 nitrogen and oxygen atoms in total. The maximum absolute atomic E-state index is 8.84. The van der Waals surface area contributed by atoms with Crippen LogP contribution in [0.4, 0.5) is 0 Å². The molecule has 0 N–H and O–H groups in total. The molecule has 0 bridgehead atoms. The second-order valence-electron chi connectivity index (χ2n) is 4.57. The van der Waals surface area contributed by atoms with E-state index in [4.69, 9.17) is 9.68 Å². The van der Waals surface area contributed by atoms with Crippen molar-refractivity contribution in [2.24, 2.45) is 5.92 Å². The minimum atomic E-state index is 0.270. The summed E-state index contributed by atoms with van der Waals surface area (Å²) in [6.07, 6.45) is 4.71. The van der Waals surface area contributed by atoms with E-state index in [0.29, 0.717) is 6.04 Å². The summed E-state index contributed by atoms with van der Waals surface area (Å²) < 4.78 is 5.36. The molecule has 2 rings (SSSR count). The van der Waals surface area contributed by atoms with Crippen molar-refractivity contribution in [2.75, 3.05) is 13.1 Å². The summed E-state index contributed by atoms with van der Waals surface area (Å²) in [4.78, 5) is 2.45. The predicted molar refractivity (Wildman–Crippen MR) is 61.8 cm³/mol. The molecular weight excluding hydrogens is 200 g/mol. The van der Waals surface area contributed by atoms with Crippen LogP contribution < -0.4 is 0 Å². The van der Waals surface area contributed by atoms with Crippen LogP contribution in [0.1, 0.15) is 25.5 Å². The Kier molecular flexibility index (Phi) is 3.63. The van der Waals surface area contributed by atoms with Crippen LogP contribution >= 0.6 is 0 Å². The largest absolute Gasteiger partial charge is 0.469 e. The lowest BCUT2D eigenvalue weighted by Crippen LogP contribution is -2.40. The average Bonchev–Trinajstić information content (AvgIpc) is 2.82. The third-order valence-electron chi connectivity index (χ3n) is 3.41. The average molecular weight is 218 g/mol. The second kappa shape index (κ2) is 5.18. The van der Waals surface area contributed by atoms with Crippen LogP contribution in [-0.2, 0) is 6.42 Å². The van der Waals surface area contributed by atoms with E-state index in [0.717, 1.165) is 38.1 Å². The van der Waals surface area contributed by atoms with Crippen LogP contribution in [0.2, 0.25) is 0 Å². The molecule has 0 spiro atoms. The summed E-state index contributed by atoms with van der Waals surface area (Å²) in [6, 6.07) is 6.83. The first kappa shape index (κ1) is 11.2. The van der Waals surface area contributed by atoms with E-state index in [2.05, 4.69) is 17.9 Å². The van der Waals surface area contributed by atoms with Gasteiger partial charge in [0, 0.05) is 18.4 Å². The third kappa shape index (κ3) is 2.65. The Bertz CT molecular complexity index is 345. The van der Waals surface area contributed by atoms with Gasteiger partial charge >= 0.3 is 0 Å². The Labute approximate surface area is 96.7 Å². The highest BCUT2D eigenvalue weighted by atomic mass is 16.3. The predicted octanol–water partition coefficient (Wildman–Crippen LogP) is 2.45. The standard InChI is InChI=1S/C13H18N2O/c1-11(9-13-3-2-8-16-13)15-6-4-12(10-14)5-7-15/h2-3,8,11-12H,4-7,9H2,1H3/t11-/m1/s1. The van der Waals surface area contributed by atoms with Crippen LogP contribution in [-0.4, -0.2) is 24.0 Å². The summed E-state index contributed by atoms with van der Waals surface area (Å²) in [5, 5.41) is 8.84. The first-order valence-corrected chi connectivity index (χ1v) is 5.95. The molecule has 16 heavy (non-hydrogen) atoms. The zero-order valence-corrected chi connectivity index (χ0v) is 9.72. The Balaban J connectivity index is 1.83. The summed E-state index contributed by atoms with van der Waals surface area (Å²) in [7, 11) is 0. The Morgan fingerprint density at radius 3 is 2.88 bits per heavy atom. The van der Waals surface area contributed by atoms with E-state index in [9.17, 15) is 0 Å². The van der Waals surface area contributed by atoms with Crippen molar-refractivity contribution in [1.82, 2.24) is 4.90 Å². The summed E-state index contributed by atoms with van der Waals surface area (Å²) in [5.41, 5.74) is 0. The maximum atomic E-state index is 8.84. The van der Waals surface area contributed by atoms with Crippen molar-refractivity contribution in [3.8, 4) is 6.07 Å². The number of hydrogen-bond donors (Lipinski definition) is 0. The minimum Gasteiger partial charge on any atom is -0.469 e. The van der Waals surface area contributed by atoms with Crippen molar-refractivity contribution >= 4 is 0 Å². The lowest BCUT2D eigenvalue weighted by Gasteiger charge is -2.33. The first-order valence-electron chi connectivity index (χ1n) is 5.95. The Hall–Kier alpha value is -1.27. The van der Waals surface area contributed by atoms with Gasteiger partial charge in [-0.2, -0.15) is 5.26 Å².